The second-order valence-corrected chi connectivity index (χ2v) is 2.12. The maximum Gasteiger partial charge on any atom is 0.335 e. The van der Waals surface area contributed by atoms with Crippen molar-refractivity contribution in [3.8, 4) is 0 Å². The molecule has 2 nitrogen and oxygen atoms in total. The van der Waals surface area contributed by atoms with Crippen molar-refractivity contribution in [3.63, 3.8) is 0 Å². The minimum absolute atomic E-state index is 0. The van der Waals surface area contributed by atoms with Crippen molar-refractivity contribution in [2.75, 3.05) is 0 Å². The SMILES string of the molecule is Cc1ccccc1C(=O)O.[Ba]. The first kappa shape index (κ1) is 11.3. The van der Waals surface area contributed by atoms with Crippen LogP contribution in [0.2, 0.25) is 0 Å². The molecule has 0 aliphatic rings. The summed E-state index contributed by atoms with van der Waals surface area (Å²) in [5.41, 5.74) is 1.18. The molecule has 0 spiro atoms. The average molecular weight is 273 g/mol. The monoisotopic (exact) mass is 274 g/mol. The van der Waals surface area contributed by atoms with Crippen LogP contribution in [-0.4, -0.2) is 60.0 Å². The molecule has 2 radical (unpaired) electrons. The van der Waals surface area contributed by atoms with Crippen molar-refractivity contribution in [2.24, 2.45) is 0 Å². The van der Waals surface area contributed by atoms with Crippen molar-refractivity contribution >= 4 is 54.9 Å². The van der Waals surface area contributed by atoms with Gasteiger partial charge in [-0.25, -0.2) is 4.79 Å². The smallest absolute Gasteiger partial charge is 0.335 e. The van der Waals surface area contributed by atoms with E-state index in [-0.39, 0.29) is 48.9 Å². The molecule has 0 saturated heterocycles. The van der Waals surface area contributed by atoms with E-state index in [4.69, 9.17) is 5.11 Å². The van der Waals surface area contributed by atoms with Crippen LogP contribution in [-0.2, 0) is 0 Å². The number of aryl methyl sites for hydroxylation is 1. The normalized spacial score (nSPS) is 8.45. The van der Waals surface area contributed by atoms with Gasteiger partial charge in [0.2, 0.25) is 0 Å². The molecule has 0 aliphatic heterocycles. The van der Waals surface area contributed by atoms with Crippen LogP contribution < -0.4 is 0 Å². The van der Waals surface area contributed by atoms with Crippen molar-refractivity contribution in [2.45, 2.75) is 6.92 Å². The van der Waals surface area contributed by atoms with Gasteiger partial charge in [-0.2, -0.15) is 0 Å². The molecular weight excluding hydrogens is 265 g/mol. The molecule has 0 atom stereocenters. The molecule has 0 heterocycles. The molecule has 3 heteroatoms. The molecule has 0 saturated carbocycles. The number of rotatable bonds is 1. The Morgan fingerprint density at radius 2 is 1.91 bits per heavy atom. The van der Waals surface area contributed by atoms with Crippen molar-refractivity contribution in [3.05, 3.63) is 35.4 Å². The van der Waals surface area contributed by atoms with E-state index in [1.165, 1.54) is 0 Å². The Hall–Kier alpha value is 0.261. The fraction of sp³-hybridized carbons (Fsp3) is 0.125. The summed E-state index contributed by atoms with van der Waals surface area (Å²) in [5, 5.41) is 8.57. The molecule has 0 aliphatic carbocycles. The van der Waals surface area contributed by atoms with E-state index in [2.05, 4.69) is 0 Å². The topological polar surface area (TPSA) is 37.3 Å². The Balaban J connectivity index is 0.000001000. The van der Waals surface area contributed by atoms with Gasteiger partial charge in [-0.1, -0.05) is 18.2 Å². The molecule has 1 aromatic carbocycles. The number of carboxylic acid groups (broad SMARTS) is 1. The first-order valence-corrected chi connectivity index (χ1v) is 3.01. The summed E-state index contributed by atoms with van der Waals surface area (Å²) in [6.07, 6.45) is 0. The summed E-state index contributed by atoms with van der Waals surface area (Å²) in [6.45, 7) is 1.78. The summed E-state index contributed by atoms with van der Waals surface area (Å²) < 4.78 is 0. The van der Waals surface area contributed by atoms with E-state index in [0.29, 0.717) is 5.56 Å². The van der Waals surface area contributed by atoms with E-state index in [0.717, 1.165) is 5.56 Å². The fourth-order valence-corrected chi connectivity index (χ4v) is 0.813. The molecule has 0 aromatic heterocycles. The molecule has 1 aromatic rings. The minimum Gasteiger partial charge on any atom is -0.478 e. The Morgan fingerprint density at radius 1 is 1.36 bits per heavy atom. The molecule has 1 rings (SSSR count). The summed E-state index contributed by atoms with van der Waals surface area (Å²) in [7, 11) is 0. The molecule has 11 heavy (non-hydrogen) atoms. The summed E-state index contributed by atoms with van der Waals surface area (Å²) in [5.74, 6) is -0.863. The fourth-order valence-electron chi connectivity index (χ4n) is 0.813. The summed E-state index contributed by atoms with van der Waals surface area (Å²) >= 11 is 0. The van der Waals surface area contributed by atoms with Gasteiger partial charge in [-0.05, 0) is 18.6 Å². The maximum atomic E-state index is 10.4. The van der Waals surface area contributed by atoms with Crippen LogP contribution in [0.15, 0.2) is 24.3 Å². The van der Waals surface area contributed by atoms with Gasteiger partial charge >= 0.3 is 5.97 Å². The standard InChI is InChI=1S/C8H8O2.Ba/c1-6-4-2-3-5-7(6)8(9)10;/h2-5H,1H3,(H,9,10);. The predicted octanol–water partition coefficient (Wildman–Crippen LogP) is 1.31. The Kier molecular flexibility index (Phi) is 5.12. The summed E-state index contributed by atoms with van der Waals surface area (Å²) in [4.78, 5) is 10.4. The number of hydrogen-bond acceptors (Lipinski definition) is 1. The van der Waals surface area contributed by atoms with E-state index < -0.39 is 5.97 Å². The van der Waals surface area contributed by atoms with Gasteiger partial charge in [-0.15, -0.1) is 0 Å². The van der Waals surface area contributed by atoms with Crippen LogP contribution in [0.5, 0.6) is 0 Å². The van der Waals surface area contributed by atoms with E-state index >= 15 is 0 Å². The average Bonchev–Trinajstić information content (AvgIpc) is 1.88. The second-order valence-electron chi connectivity index (χ2n) is 2.12. The third-order valence-corrected chi connectivity index (χ3v) is 1.38. The van der Waals surface area contributed by atoms with E-state index in [1.54, 1.807) is 25.1 Å². The molecule has 54 valence electrons. The quantitative estimate of drug-likeness (QED) is 0.784. The van der Waals surface area contributed by atoms with Crippen LogP contribution in [0.1, 0.15) is 15.9 Å². The van der Waals surface area contributed by atoms with Crippen LogP contribution in [0.3, 0.4) is 0 Å². The molecule has 1 N–H and O–H groups in total. The third kappa shape index (κ3) is 3.01. The van der Waals surface area contributed by atoms with Crippen molar-refractivity contribution < 1.29 is 9.90 Å². The van der Waals surface area contributed by atoms with E-state index in [9.17, 15) is 4.79 Å². The van der Waals surface area contributed by atoms with Gasteiger partial charge in [0.1, 0.15) is 0 Å². The first-order valence-electron chi connectivity index (χ1n) is 3.01. The second kappa shape index (κ2) is 5.00. The largest absolute Gasteiger partial charge is 0.478 e. The third-order valence-electron chi connectivity index (χ3n) is 1.38. The van der Waals surface area contributed by atoms with Gasteiger partial charge in [-0.3, -0.25) is 0 Å². The van der Waals surface area contributed by atoms with Gasteiger partial charge in [0, 0.05) is 48.9 Å². The predicted molar refractivity (Wildman–Crippen MR) is 43.9 cm³/mol. The Labute approximate surface area is 106 Å². The number of benzene rings is 1. The van der Waals surface area contributed by atoms with Crippen LogP contribution in [0.4, 0.5) is 0 Å². The van der Waals surface area contributed by atoms with E-state index in [1.807, 2.05) is 6.07 Å². The summed E-state index contributed by atoms with van der Waals surface area (Å²) in [6, 6.07) is 6.92. The van der Waals surface area contributed by atoms with Crippen LogP contribution in [0.25, 0.3) is 0 Å². The molecule has 0 unspecified atom stereocenters. The minimum atomic E-state index is -0.863. The van der Waals surface area contributed by atoms with Gasteiger partial charge < -0.3 is 5.11 Å². The number of carboxylic acids is 1. The molecule has 0 amide bonds. The van der Waals surface area contributed by atoms with Crippen LogP contribution in [0, 0.1) is 6.92 Å². The zero-order chi connectivity index (χ0) is 7.56. The van der Waals surface area contributed by atoms with Crippen LogP contribution >= 0.6 is 0 Å². The number of aromatic carboxylic acids is 1. The van der Waals surface area contributed by atoms with Crippen molar-refractivity contribution in [1.29, 1.82) is 0 Å². The van der Waals surface area contributed by atoms with Gasteiger partial charge in [0.25, 0.3) is 0 Å². The number of carbonyl (C=O) groups is 1. The first-order chi connectivity index (χ1) is 4.72. The molecule has 0 bridgehead atoms. The Morgan fingerprint density at radius 3 is 2.27 bits per heavy atom. The van der Waals surface area contributed by atoms with Crippen molar-refractivity contribution in [1.82, 2.24) is 0 Å². The zero-order valence-electron chi connectivity index (χ0n) is 6.37. The van der Waals surface area contributed by atoms with Gasteiger partial charge in [0.05, 0.1) is 5.56 Å². The zero-order valence-corrected chi connectivity index (χ0v) is 10.8. The molecular formula is C8H8BaO2. The van der Waals surface area contributed by atoms with Gasteiger partial charge in [0.15, 0.2) is 0 Å². The molecule has 0 fully saturated rings. The maximum absolute atomic E-state index is 10.4. The number of hydrogen-bond donors (Lipinski definition) is 1. The Bertz CT molecular complexity index is 258.